The summed E-state index contributed by atoms with van der Waals surface area (Å²) in [5.74, 6) is -0.278. The zero-order valence-electron chi connectivity index (χ0n) is 16.0. The minimum absolute atomic E-state index is 0.0636. The average Bonchev–Trinajstić information content (AvgIpc) is 3.24. The van der Waals surface area contributed by atoms with E-state index >= 15 is 0 Å². The number of aromatic nitrogens is 4. The molecule has 0 bridgehead atoms. The van der Waals surface area contributed by atoms with Crippen LogP contribution >= 0.6 is 0 Å². The Morgan fingerprint density at radius 3 is 2.59 bits per heavy atom. The molecule has 0 saturated carbocycles. The summed E-state index contributed by atoms with van der Waals surface area (Å²) in [6.07, 6.45) is 3.22. The Labute approximate surface area is 156 Å². The molecule has 0 aromatic carbocycles. The molecule has 0 atom stereocenters. The van der Waals surface area contributed by atoms with Gasteiger partial charge in [-0.25, -0.2) is 0 Å². The van der Waals surface area contributed by atoms with Gasteiger partial charge >= 0.3 is 0 Å². The molecule has 0 spiro atoms. The van der Waals surface area contributed by atoms with E-state index in [0.717, 1.165) is 5.56 Å². The first-order valence-electron chi connectivity index (χ1n) is 8.78. The molecule has 8 nitrogen and oxygen atoms in total. The van der Waals surface area contributed by atoms with Gasteiger partial charge in [0.05, 0.1) is 11.9 Å². The first-order chi connectivity index (χ1) is 12.8. The normalized spacial score (nSPS) is 11.3. The third kappa shape index (κ3) is 2.91. The molecule has 8 heteroatoms. The van der Waals surface area contributed by atoms with E-state index in [0.29, 0.717) is 28.2 Å². The molecule has 140 valence electrons. The van der Waals surface area contributed by atoms with Crippen molar-refractivity contribution in [2.24, 2.45) is 0 Å². The number of nitrogens with one attached hydrogen (secondary N) is 2. The molecule has 1 amide bonds. The van der Waals surface area contributed by atoms with Crippen molar-refractivity contribution in [1.29, 1.82) is 5.26 Å². The molecule has 3 aromatic heterocycles. The van der Waals surface area contributed by atoms with Gasteiger partial charge in [-0.2, -0.15) is 14.9 Å². The molecular formula is C19H22N6O2. The van der Waals surface area contributed by atoms with E-state index in [-0.39, 0.29) is 23.4 Å². The van der Waals surface area contributed by atoms with Crippen molar-refractivity contribution in [1.82, 2.24) is 24.5 Å². The van der Waals surface area contributed by atoms with E-state index in [1.54, 1.807) is 13.1 Å². The molecular weight excluding hydrogens is 344 g/mol. The second-order valence-corrected chi connectivity index (χ2v) is 7.00. The zero-order valence-corrected chi connectivity index (χ0v) is 16.0. The van der Waals surface area contributed by atoms with Crippen molar-refractivity contribution in [2.45, 2.75) is 39.7 Å². The van der Waals surface area contributed by atoms with Crippen LogP contribution in [0.1, 0.15) is 61.3 Å². The Morgan fingerprint density at radius 1 is 1.33 bits per heavy atom. The van der Waals surface area contributed by atoms with Crippen LogP contribution in [0.2, 0.25) is 0 Å². The lowest BCUT2D eigenvalue weighted by Crippen LogP contribution is -2.22. The molecule has 0 aliphatic carbocycles. The van der Waals surface area contributed by atoms with E-state index in [9.17, 15) is 14.9 Å². The molecule has 0 radical (unpaired) electrons. The number of nitriles is 1. The van der Waals surface area contributed by atoms with Gasteiger partial charge in [0.2, 0.25) is 0 Å². The van der Waals surface area contributed by atoms with E-state index in [1.807, 2.05) is 44.5 Å². The first kappa shape index (κ1) is 18.5. The van der Waals surface area contributed by atoms with Crippen molar-refractivity contribution in [3.63, 3.8) is 0 Å². The van der Waals surface area contributed by atoms with Gasteiger partial charge in [-0.15, -0.1) is 0 Å². The monoisotopic (exact) mass is 366 g/mol. The quantitative estimate of drug-likeness (QED) is 0.739. The predicted molar refractivity (Wildman–Crippen MR) is 102 cm³/mol. The SMILES string of the molecule is CNC(=O)c1cc(-c2[nH]c3c(C#N)cnn3c(=O)c2C(C)C)cn1C(C)C. The summed E-state index contributed by atoms with van der Waals surface area (Å²) in [7, 11) is 1.58. The van der Waals surface area contributed by atoms with E-state index in [1.165, 1.54) is 10.7 Å². The highest BCUT2D eigenvalue weighted by Gasteiger charge is 2.22. The summed E-state index contributed by atoms with van der Waals surface area (Å²) >= 11 is 0. The summed E-state index contributed by atoms with van der Waals surface area (Å²) in [6, 6.07) is 3.87. The number of H-pyrrole nitrogens is 1. The molecule has 0 aliphatic rings. The van der Waals surface area contributed by atoms with Gasteiger partial charge < -0.3 is 14.9 Å². The van der Waals surface area contributed by atoms with Crippen molar-refractivity contribution in [3.8, 4) is 17.3 Å². The third-order valence-corrected chi connectivity index (χ3v) is 4.56. The molecule has 2 N–H and O–H groups in total. The van der Waals surface area contributed by atoms with Gasteiger partial charge in [-0.05, 0) is 25.8 Å². The van der Waals surface area contributed by atoms with Crippen LogP contribution in [0.3, 0.4) is 0 Å². The largest absolute Gasteiger partial charge is 0.354 e. The molecule has 3 aromatic rings. The van der Waals surface area contributed by atoms with Gasteiger partial charge in [0.25, 0.3) is 11.5 Å². The fraction of sp³-hybridized carbons (Fsp3) is 0.368. The van der Waals surface area contributed by atoms with E-state index < -0.39 is 0 Å². The molecule has 0 unspecified atom stereocenters. The standard InChI is InChI=1S/C19H22N6O2/c1-10(2)15-16(23-17-13(7-20)8-22-25(17)19(15)27)12-6-14(18(26)21-5)24(9-12)11(3)4/h6,8-11,23H,1-5H3,(H,21,26). The van der Waals surface area contributed by atoms with Crippen LogP contribution in [-0.4, -0.2) is 32.1 Å². The minimum atomic E-state index is -0.269. The van der Waals surface area contributed by atoms with Crippen molar-refractivity contribution in [3.05, 3.63) is 45.6 Å². The number of amides is 1. The Balaban J connectivity index is 2.37. The maximum absolute atomic E-state index is 13.0. The fourth-order valence-corrected chi connectivity index (χ4v) is 3.23. The lowest BCUT2D eigenvalue weighted by atomic mass is 9.99. The van der Waals surface area contributed by atoms with Crippen LogP contribution in [0.5, 0.6) is 0 Å². The Kier molecular flexibility index (Phi) is 4.62. The number of nitrogens with zero attached hydrogens (tertiary/aromatic N) is 4. The summed E-state index contributed by atoms with van der Waals surface area (Å²) in [5, 5.41) is 16.0. The van der Waals surface area contributed by atoms with Crippen molar-refractivity contribution in [2.75, 3.05) is 7.05 Å². The van der Waals surface area contributed by atoms with Crippen LogP contribution in [0.25, 0.3) is 16.9 Å². The highest BCUT2D eigenvalue weighted by atomic mass is 16.2. The van der Waals surface area contributed by atoms with Gasteiger partial charge in [0.15, 0.2) is 5.65 Å². The number of fused-ring (bicyclic) bond motifs is 1. The lowest BCUT2D eigenvalue weighted by Gasteiger charge is -2.12. The topological polar surface area (TPSA) is 108 Å². The van der Waals surface area contributed by atoms with Gasteiger partial charge in [-0.1, -0.05) is 13.8 Å². The van der Waals surface area contributed by atoms with Gasteiger partial charge in [-0.3, -0.25) is 9.59 Å². The van der Waals surface area contributed by atoms with Gasteiger partial charge in [0, 0.05) is 30.4 Å². The fourth-order valence-electron chi connectivity index (χ4n) is 3.23. The highest BCUT2D eigenvalue weighted by molar-refractivity contribution is 5.94. The van der Waals surface area contributed by atoms with Crippen LogP contribution in [0.15, 0.2) is 23.3 Å². The number of hydrogen-bond acceptors (Lipinski definition) is 4. The Bertz CT molecular complexity index is 1120. The second-order valence-electron chi connectivity index (χ2n) is 7.00. The molecule has 27 heavy (non-hydrogen) atoms. The molecule has 0 saturated heterocycles. The van der Waals surface area contributed by atoms with Gasteiger partial charge in [0.1, 0.15) is 17.3 Å². The summed E-state index contributed by atoms with van der Waals surface area (Å²) < 4.78 is 3.08. The van der Waals surface area contributed by atoms with Crippen molar-refractivity contribution >= 4 is 11.6 Å². The van der Waals surface area contributed by atoms with Crippen LogP contribution in [0.4, 0.5) is 0 Å². The Morgan fingerprint density at radius 2 is 2.04 bits per heavy atom. The van der Waals surface area contributed by atoms with E-state index in [2.05, 4.69) is 15.4 Å². The smallest absolute Gasteiger partial charge is 0.278 e. The first-order valence-corrected chi connectivity index (χ1v) is 8.78. The summed E-state index contributed by atoms with van der Waals surface area (Å²) in [4.78, 5) is 28.5. The second kappa shape index (κ2) is 6.76. The van der Waals surface area contributed by atoms with Crippen LogP contribution in [-0.2, 0) is 0 Å². The summed E-state index contributed by atoms with van der Waals surface area (Å²) in [5.41, 5.74) is 2.75. The van der Waals surface area contributed by atoms with Crippen molar-refractivity contribution < 1.29 is 4.79 Å². The maximum atomic E-state index is 13.0. The van der Waals surface area contributed by atoms with E-state index in [4.69, 9.17) is 0 Å². The Hall–Kier alpha value is -3.34. The molecule has 3 rings (SSSR count). The molecule has 0 aliphatic heterocycles. The number of aromatic amines is 1. The highest BCUT2D eigenvalue weighted by Crippen LogP contribution is 2.29. The summed E-state index contributed by atoms with van der Waals surface area (Å²) in [6.45, 7) is 7.81. The zero-order chi connectivity index (χ0) is 19.9. The number of hydrogen-bond donors (Lipinski definition) is 2. The number of carbonyl (C=O) groups excluding carboxylic acids is 1. The number of rotatable bonds is 4. The van der Waals surface area contributed by atoms with Crippen LogP contribution in [0, 0.1) is 11.3 Å². The number of carbonyl (C=O) groups is 1. The maximum Gasteiger partial charge on any atom is 0.278 e. The third-order valence-electron chi connectivity index (χ3n) is 4.56. The van der Waals surface area contributed by atoms with Crippen LogP contribution < -0.4 is 10.9 Å². The predicted octanol–water partition coefficient (Wildman–Crippen LogP) is 2.43. The average molecular weight is 366 g/mol. The lowest BCUT2D eigenvalue weighted by molar-refractivity contribution is 0.0952. The molecule has 0 fully saturated rings. The molecule has 3 heterocycles. The minimum Gasteiger partial charge on any atom is -0.354 e.